The number of rotatable bonds is 6. The Labute approximate surface area is 206 Å². The van der Waals surface area contributed by atoms with Crippen LogP contribution in [-0.4, -0.2) is 49.7 Å². The second kappa shape index (κ2) is 9.96. The van der Waals surface area contributed by atoms with Crippen molar-refractivity contribution in [3.63, 3.8) is 0 Å². The Balaban J connectivity index is 1.36. The van der Waals surface area contributed by atoms with Crippen molar-refractivity contribution in [2.45, 2.75) is 52.2 Å². The van der Waals surface area contributed by atoms with Crippen LogP contribution in [0.25, 0.3) is 22.3 Å². The third-order valence-electron chi connectivity index (χ3n) is 6.68. The minimum Gasteiger partial charge on any atom is -0.349 e. The molecule has 0 bridgehead atoms. The van der Waals surface area contributed by atoms with E-state index in [1.165, 1.54) is 5.56 Å². The molecule has 1 N–H and O–H groups in total. The van der Waals surface area contributed by atoms with Gasteiger partial charge in [0.15, 0.2) is 5.65 Å². The molecule has 1 amide bonds. The predicted octanol–water partition coefficient (Wildman–Crippen LogP) is 4.78. The normalized spacial score (nSPS) is 15.1. The molecular formula is C28H32N6O. The van der Waals surface area contributed by atoms with Gasteiger partial charge in [0.1, 0.15) is 0 Å². The lowest BCUT2D eigenvalue weighted by atomic mass is 10.0. The molecule has 35 heavy (non-hydrogen) atoms. The number of pyridine rings is 2. The number of hydrogen-bond acceptors (Lipinski definition) is 5. The molecule has 1 saturated heterocycles. The van der Waals surface area contributed by atoms with Crippen LogP contribution in [0.4, 0.5) is 0 Å². The van der Waals surface area contributed by atoms with Crippen LogP contribution in [0.3, 0.4) is 0 Å². The number of nitrogens with one attached hydrogen (secondary N) is 1. The number of aryl methyl sites for hydroxylation is 1. The average Bonchev–Trinajstić information content (AvgIpc) is 3.30. The molecule has 1 aliphatic heterocycles. The number of aromatic nitrogens is 4. The van der Waals surface area contributed by atoms with Crippen molar-refractivity contribution in [2.24, 2.45) is 0 Å². The van der Waals surface area contributed by atoms with E-state index in [2.05, 4.69) is 71.4 Å². The molecule has 0 atom stereocenters. The quantitative estimate of drug-likeness (QED) is 0.441. The Kier molecular flexibility index (Phi) is 6.59. The zero-order chi connectivity index (χ0) is 24.4. The topological polar surface area (TPSA) is 75.9 Å². The van der Waals surface area contributed by atoms with Gasteiger partial charge in [0.25, 0.3) is 5.91 Å². The summed E-state index contributed by atoms with van der Waals surface area (Å²) in [4.78, 5) is 25.3. The van der Waals surface area contributed by atoms with E-state index < -0.39 is 0 Å². The first kappa shape index (κ1) is 23.2. The molecule has 5 rings (SSSR count). The molecule has 0 spiro atoms. The number of amides is 1. The van der Waals surface area contributed by atoms with Crippen molar-refractivity contribution in [1.29, 1.82) is 0 Å². The molecule has 180 valence electrons. The molecule has 0 unspecified atom stereocenters. The molecule has 0 aliphatic carbocycles. The number of likely N-dealkylation sites (tertiary alicyclic amines) is 1. The summed E-state index contributed by atoms with van der Waals surface area (Å²) in [6.07, 6.45) is 5.45. The molecule has 1 aliphatic rings. The maximum atomic E-state index is 13.5. The first-order valence-electron chi connectivity index (χ1n) is 12.4. The second-order valence-electron chi connectivity index (χ2n) is 9.69. The standard InChI is InChI=1S/C28H32N6O/c1-19(2)34-27-25(17-30-34)24(16-26(32-27)21-9-7-20(3)8-10-21)28(35)31-22-11-14-33(15-12-22)18-23-6-4-5-13-29-23/h4-10,13,16-17,19,22H,11-12,14-15,18H2,1-3H3,(H,31,35). The van der Waals surface area contributed by atoms with E-state index in [4.69, 9.17) is 4.98 Å². The first-order valence-corrected chi connectivity index (χ1v) is 12.4. The number of piperidine rings is 1. The highest BCUT2D eigenvalue weighted by Gasteiger charge is 2.24. The molecule has 3 aromatic heterocycles. The summed E-state index contributed by atoms with van der Waals surface area (Å²) in [5.41, 5.74) is 5.43. The first-order chi connectivity index (χ1) is 17.0. The lowest BCUT2D eigenvalue weighted by Gasteiger charge is -2.32. The highest BCUT2D eigenvalue weighted by molar-refractivity contribution is 6.06. The SMILES string of the molecule is Cc1ccc(-c2cc(C(=O)NC3CCN(Cc4ccccn4)CC3)c3cnn(C(C)C)c3n2)cc1. The minimum atomic E-state index is -0.0581. The zero-order valence-corrected chi connectivity index (χ0v) is 20.6. The van der Waals surface area contributed by atoms with E-state index in [0.717, 1.165) is 60.5 Å². The van der Waals surface area contributed by atoms with Crippen LogP contribution in [0.1, 0.15) is 54.3 Å². The molecule has 1 aromatic carbocycles. The third kappa shape index (κ3) is 5.10. The van der Waals surface area contributed by atoms with Gasteiger partial charge in [0.05, 0.1) is 28.5 Å². The fourth-order valence-electron chi connectivity index (χ4n) is 4.68. The van der Waals surface area contributed by atoms with E-state index in [-0.39, 0.29) is 18.0 Å². The van der Waals surface area contributed by atoms with Crippen LogP contribution in [0.5, 0.6) is 0 Å². The molecule has 7 heteroatoms. The van der Waals surface area contributed by atoms with Gasteiger partial charge in [-0.05, 0) is 51.8 Å². The van der Waals surface area contributed by atoms with Crippen molar-refractivity contribution in [3.05, 3.63) is 77.7 Å². The van der Waals surface area contributed by atoms with E-state index in [9.17, 15) is 4.79 Å². The molecule has 4 aromatic rings. The van der Waals surface area contributed by atoms with Gasteiger partial charge in [0, 0.05) is 43.5 Å². The predicted molar refractivity (Wildman–Crippen MR) is 138 cm³/mol. The monoisotopic (exact) mass is 468 g/mol. The Morgan fingerprint density at radius 1 is 1.11 bits per heavy atom. The Morgan fingerprint density at radius 3 is 2.57 bits per heavy atom. The van der Waals surface area contributed by atoms with Crippen LogP contribution >= 0.6 is 0 Å². The summed E-state index contributed by atoms with van der Waals surface area (Å²) in [6.45, 7) is 8.94. The van der Waals surface area contributed by atoms with Crippen molar-refractivity contribution < 1.29 is 4.79 Å². The van der Waals surface area contributed by atoms with E-state index in [1.807, 2.05) is 29.1 Å². The Hall–Kier alpha value is -3.58. The number of carbonyl (C=O) groups excluding carboxylic acids is 1. The average molecular weight is 469 g/mol. The van der Waals surface area contributed by atoms with E-state index in [1.54, 1.807) is 6.20 Å². The maximum absolute atomic E-state index is 13.5. The summed E-state index contributed by atoms with van der Waals surface area (Å²) in [7, 11) is 0. The van der Waals surface area contributed by atoms with Crippen molar-refractivity contribution >= 4 is 16.9 Å². The minimum absolute atomic E-state index is 0.0581. The van der Waals surface area contributed by atoms with Crippen molar-refractivity contribution in [2.75, 3.05) is 13.1 Å². The van der Waals surface area contributed by atoms with Gasteiger partial charge < -0.3 is 5.32 Å². The molecule has 0 radical (unpaired) electrons. The molecule has 0 saturated carbocycles. The molecule has 7 nitrogen and oxygen atoms in total. The van der Waals surface area contributed by atoms with Gasteiger partial charge in [-0.2, -0.15) is 5.10 Å². The van der Waals surface area contributed by atoms with Crippen LogP contribution in [0.2, 0.25) is 0 Å². The van der Waals surface area contributed by atoms with Gasteiger partial charge >= 0.3 is 0 Å². The van der Waals surface area contributed by atoms with Gasteiger partial charge in [-0.15, -0.1) is 0 Å². The van der Waals surface area contributed by atoms with Gasteiger partial charge in [0.2, 0.25) is 0 Å². The summed E-state index contributed by atoms with van der Waals surface area (Å²) in [6, 6.07) is 16.5. The lowest BCUT2D eigenvalue weighted by Crippen LogP contribution is -2.44. The number of carbonyl (C=O) groups is 1. The second-order valence-corrected chi connectivity index (χ2v) is 9.69. The van der Waals surface area contributed by atoms with Crippen LogP contribution in [0.15, 0.2) is 60.9 Å². The third-order valence-corrected chi connectivity index (χ3v) is 6.68. The fourth-order valence-corrected chi connectivity index (χ4v) is 4.68. The van der Waals surface area contributed by atoms with Crippen molar-refractivity contribution in [1.82, 2.24) is 30.0 Å². The highest BCUT2D eigenvalue weighted by Crippen LogP contribution is 2.27. The van der Waals surface area contributed by atoms with Crippen LogP contribution < -0.4 is 5.32 Å². The Morgan fingerprint density at radius 2 is 1.89 bits per heavy atom. The van der Waals surface area contributed by atoms with Gasteiger partial charge in [-0.3, -0.25) is 14.7 Å². The van der Waals surface area contributed by atoms with Crippen LogP contribution in [-0.2, 0) is 6.54 Å². The molecular weight excluding hydrogens is 436 g/mol. The largest absolute Gasteiger partial charge is 0.349 e. The maximum Gasteiger partial charge on any atom is 0.252 e. The summed E-state index contributed by atoms with van der Waals surface area (Å²) in [5, 5.41) is 8.63. The highest BCUT2D eigenvalue weighted by atomic mass is 16.1. The van der Waals surface area contributed by atoms with E-state index >= 15 is 0 Å². The molecule has 4 heterocycles. The van der Waals surface area contributed by atoms with Crippen LogP contribution in [0, 0.1) is 6.92 Å². The fraction of sp³-hybridized carbons (Fsp3) is 0.357. The van der Waals surface area contributed by atoms with Gasteiger partial charge in [-0.1, -0.05) is 35.9 Å². The summed E-state index contributed by atoms with van der Waals surface area (Å²) < 4.78 is 1.89. The lowest BCUT2D eigenvalue weighted by molar-refractivity contribution is 0.0910. The zero-order valence-electron chi connectivity index (χ0n) is 20.6. The summed E-state index contributed by atoms with van der Waals surface area (Å²) in [5.74, 6) is -0.0581. The number of fused-ring (bicyclic) bond motifs is 1. The molecule has 1 fully saturated rings. The summed E-state index contributed by atoms with van der Waals surface area (Å²) >= 11 is 0. The van der Waals surface area contributed by atoms with Crippen molar-refractivity contribution in [3.8, 4) is 11.3 Å². The number of benzene rings is 1. The van der Waals surface area contributed by atoms with E-state index in [0.29, 0.717) is 5.56 Å². The number of hydrogen-bond donors (Lipinski definition) is 1. The number of nitrogens with zero attached hydrogens (tertiary/aromatic N) is 5. The smallest absolute Gasteiger partial charge is 0.252 e. The van der Waals surface area contributed by atoms with Gasteiger partial charge in [-0.25, -0.2) is 9.67 Å². The Bertz CT molecular complexity index is 1300.